The first-order valence-electron chi connectivity index (χ1n) is 21.3. The second-order valence-corrected chi connectivity index (χ2v) is 17.4. The van der Waals surface area contributed by atoms with E-state index < -0.39 is 0 Å². The summed E-state index contributed by atoms with van der Waals surface area (Å²) in [5.41, 5.74) is 21.2. The van der Waals surface area contributed by atoms with E-state index in [-0.39, 0.29) is 10.8 Å². The summed E-state index contributed by atoms with van der Waals surface area (Å²) < 4.78 is 6.39. The molecule has 10 aromatic rings. The van der Waals surface area contributed by atoms with Crippen molar-refractivity contribution >= 4 is 39.0 Å². The third-order valence-electron chi connectivity index (χ3n) is 13.8. The molecule has 0 amide bonds. The lowest BCUT2D eigenvalue weighted by Gasteiger charge is -2.32. The molecule has 290 valence electrons. The van der Waals surface area contributed by atoms with Crippen LogP contribution >= 0.6 is 0 Å². The number of para-hydroxylation sites is 2. The molecule has 0 N–H and O–H groups in total. The zero-order chi connectivity index (χ0) is 40.9. The van der Waals surface area contributed by atoms with Crippen LogP contribution in [0, 0.1) is 0 Å². The van der Waals surface area contributed by atoms with Crippen LogP contribution in [0.25, 0.3) is 66.4 Å². The van der Waals surface area contributed by atoms with Crippen molar-refractivity contribution in [3.05, 3.63) is 234 Å². The number of rotatable bonds is 6. The Kier molecular flexibility index (Phi) is 7.74. The average molecular weight is 782 g/mol. The Morgan fingerprint density at radius 1 is 0.377 bits per heavy atom. The molecule has 1 atom stereocenters. The zero-order valence-electron chi connectivity index (χ0n) is 34.5. The summed E-state index contributed by atoms with van der Waals surface area (Å²) in [6.45, 7) is 7.12. The highest BCUT2D eigenvalue weighted by molar-refractivity contribution is 6.06. The summed E-state index contributed by atoms with van der Waals surface area (Å²) in [6, 6.07) is 75.8. The molecule has 2 heteroatoms. The molecule has 0 aliphatic heterocycles. The molecule has 1 unspecified atom stereocenters. The van der Waals surface area contributed by atoms with Crippen molar-refractivity contribution in [2.45, 2.75) is 31.6 Å². The molecule has 12 rings (SSSR count). The summed E-state index contributed by atoms with van der Waals surface area (Å²) >= 11 is 0. The van der Waals surface area contributed by atoms with E-state index in [1.807, 2.05) is 12.1 Å². The van der Waals surface area contributed by atoms with Gasteiger partial charge in [-0.15, -0.1) is 0 Å². The molecule has 2 aliphatic rings. The van der Waals surface area contributed by atoms with Gasteiger partial charge < -0.3 is 9.32 Å². The van der Waals surface area contributed by atoms with Crippen LogP contribution in [0.5, 0.6) is 0 Å². The van der Waals surface area contributed by atoms with Gasteiger partial charge in [-0.2, -0.15) is 0 Å². The van der Waals surface area contributed by atoms with E-state index in [2.05, 4.69) is 220 Å². The van der Waals surface area contributed by atoms with E-state index in [1.165, 1.54) is 61.2 Å². The van der Waals surface area contributed by atoms with Crippen LogP contribution in [0.1, 0.15) is 48.6 Å². The molecule has 61 heavy (non-hydrogen) atoms. The maximum atomic E-state index is 6.39. The molecular formula is C59H43NO. The Balaban J connectivity index is 1.09. The van der Waals surface area contributed by atoms with Crippen LogP contribution in [0.3, 0.4) is 0 Å². The van der Waals surface area contributed by atoms with Gasteiger partial charge in [0.25, 0.3) is 0 Å². The van der Waals surface area contributed by atoms with E-state index in [9.17, 15) is 0 Å². The fourth-order valence-corrected chi connectivity index (χ4v) is 10.7. The molecule has 0 saturated heterocycles. The van der Waals surface area contributed by atoms with Gasteiger partial charge in [-0.3, -0.25) is 0 Å². The normalized spacial score (nSPS) is 15.7. The van der Waals surface area contributed by atoms with E-state index in [0.717, 1.165) is 50.1 Å². The van der Waals surface area contributed by atoms with Gasteiger partial charge in [0.05, 0.1) is 5.69 Å². The minimum absolute atomic E-state index is 0.108. The molecule has 1 heterocycles. The maximum Gasteiger partial charge on any atom is 0.136 e. The topological polar surface area (TPSA) is 16.4 Å². The Morgan fingerprint density at radius 3 is 1.87 bits per heavy atom. The van der Waals surface area contributed by atoms with Crippen LogP contribution < -0.4 is 4.90 Å². The molecular weight excluding hydrogens is 739 g/mol. The fourth-order valence-electron chi connectivity index (χ4n) is 10.7. The second kappa shape index (κ2) is 13.3. The van der Waals surface area contributed by atoms with Crippen LogP contribution in [0.4, 0.5) is 17.1 Å². The smallest absolute Gasteiger partial charge is 0.136 e. The largest absolute Gasteiger partial charge is 0.456 e. The summed E-state index contributed by atoms with van der Waals surface area (Å²) in [6.07, 6.45) is 0. The lowest BCUT2D eigenvalue weighted by molar-refractivity contribution is 0.660. The van der Waals surface area contributed by atoms with Crippen molar-refractivity contribution < 1.29 is 4.42 Å². The minimum Gasteiger partial charge on any atom is -0.456 e. The zero-order valence-corrected chi connectivity index (χ0v) is 34.5. The molecule has 2 aliphatic carbocycles. The first-order chi connectivity index (χ1) is 29.9. The summed E-state index contributed by atoms with van der Waals surface area (Å²) in [5.74, 6) is 0. The number of furan rings is 1. The fraction of sp³-hybridized carbons (Fsp3) is 0.0847. The number of hydrogen-bond acceptors (Lipinski definition) is 2. The summed E-state index contributed by atoms with van der Waals surface area (Å²) in [4.78, 5) is 2.48. The van der Waals surface area contributed by atoms with Gasteiger partial charge in [-0.05, 0) is 122 Å². The highest BCUT2D eigenvalue weighted by Crippen LogP contribution is 2.56. The predicted octanol–water partition coefficient (Wildman–Crippen LogP) is 16.0. The van der Waals surface area contributed by atoms with Crippen LogP contribution in [-0.2, 0) is 10.8 Å². The van der Waals surface area contributed by atoms with Crippen LogP contribution in [0.2, 0.25) is 0 Å². The van der Waals surface area contributed by atoms with E-state index in [0.29, 0.717) is 0 Å². The van der Waals surface area contributed by atoms with Gasteiger partial charge in [0.15, 0.2) is 0 Å². The summed E-state index contributed by atoms with van der Waals surface area (Å²) in [7, 11) is 0. The molecule has 0 saturated carbocycles. The average Bonchev–Trinajstić information content (AvgIpc) is 3.90. The van der Waals surface area contributed by atoms with Crippen molar-refractivity contribution in [1.82, 2.24) is 0 Å². The summed E-state index contributed by atoms with van der Waals surface area (Å²) in [5, 5.41) is 2.27. The van der Waals surface area contributed by atoms with Crippen molar-refractivity contribution in [2.24, 2.45) is 0 Å². The highest BCUT2D eigenvalue weighted by atomic mass is 16.3. The van der Waals surface area contributed by atoms with Crippen LogP contribution in [-0.4, -0.2) is 0 Å². The molecule has 2 nitrogen and oxygen atoms in total. The number of fused-ring (bicyclic) bond motifs is 9. The lowest BCUT2D eigenvalue weighted by Crippen LogP contribution is -2.23. The van der Waals surface area contributed by atoms with Gasteiger partial charge in [0, 0.05) is 38.5 Å². The van der Waals surface area contributed by atoms with Gasteiger partial charge >= 0.3 is 0 Å². The third-order valence-corrected chi connectivity index (χ3v) is 13.8. The Hall–Kier alpha value is -7.42. The van der Waals surface area contributed by atoms with E-state index >= 15 is 0 Å². The molecule has 0 bridgehead atoms. The second-order valence-electron chi connectivity index (χ2n) is 17.4. The molecule has 0 spiro atoms. The number of nitrogens with zero attached hydrogens (tertiary/aromatic N) is 1. The molecule has 0 fully saturated rings. The lowest BCUT2D eigenvalue weighted by atomic mass is 9.74. The minimum atomic E-state index is -0.340. The number of hydrogen-bond donors (Lipinski definition) is 0. The predicted molar refractivity (Wildman–Crippen MR) is 254 cm³/mol. The van der Waals surface area contributed by atoms with E-state index in [1.54, 1.807) is 0 Å². The number of anilines is 3. The van der Waals surface area contributed by atoms with Crippen molar-refractivity contribution in [1.29, 1.82) is 0 Å². The Morgan fingerprint density at radius 2 is 1.00 bits per heavy atom. The first kappa shape index (κ1) is 35.5. The molecule has 0 radical (unpaired) electrons. The SMILES string of the molecule is CC1(C)c2ccccc2-c2c(-c3ccccc3N(c3cccc(-c4ccc5c(c4)oc4ccccc45)c3)c3ccc4c(c3)C(C)(c3ccccc3)c3ccccc3-4)cccc21. The molecule has 9 aromatic carbocycles. The standard InChI is InChI=1S/C59H43NO/c1-58(2)50-26-11-8-24-49(50)57-48(25-16-28-52(57)58)45-22-9-13-29-54(45)60(41-20-15-17-38(35-41)39-31-33-47-46-23-10-14-30-55(46)61-56(47)36-39)42-32-34-44-43-21-7-12-27-51(43)59(3,53(44)37-42)40-18-5-4-6-19-40/h4-37H,1-3H3. The van der Waals surface area contributed by atoms with Gasteiger partial charge in [0.1, 0.15) is 11.2 Å². The molecule has 1 aromatic heterocycles. The third kappa shape index (κ3) is 5.22. The van der Waals surface area contributed by atoms with Crippen molar-refractivity contribution in [3.63, 3.8) is 0 Å². The highest BCUT2D eigenvalue weighted by Gasteiger charge is 2.41. The van der Waals surface area contributed by atoms with Crippen molar-refractivity contribution in [2.75, 3.05) is 4.90 Å². The number of benzene rings is 9. The van der Waals surface area contributed by atoms with Gasteiger partial charge in [-0.1, -0.05) is 172 Å². The quantitative estimate of drug-likeness (QED) is 0.167. The Bertz CT molecular complexity index is 3370. The van der Waals surface area contributed by atoms with Crippen LogP contribution in [0.15, 0.2) is 211 Å². The van der Waals surface area contributed by atoms with Gasteiger partial charge in [0.2, 0.25) is 0 Å². The van der Waals surface area contributed by atoms with E-state index in [4.69, 9.17) is 4.42 Å². The Labute approximate surface area is 357 Å². The maximum absolute atomic E-state index is 6.39. The first-order valence-corrected chi connectivity index (χ1v) is 21.3. The van der Waals surface area contributed by atoms with Gasteiger partial charge in [-0.25, -0.2) is 0 Å². The monoisotopic (exact) mass is 781 g/mol. The van der Waals surface area contributed by atoms with Crippen molar-refractivity contribution in [3.8, 4) is 44.5 Å².